The fourth-order valence-corrected chi connectivity index (χ4v) is 4.11. The van der Waals surface area contributed by atoms with Gasteiger partial charge in [0.15, 0.2) is 5.82 Å². The van der Waals surface area contributed by atoms with Crippen LogP contribution in [0.4, 0.5) is 13.2 Å². The molecule has 2 aromatic heterocycles. The predicted octanol–water partition coefficient (Wildman–Crippen LogP) is 2.15. The van der Waals surface area contributed by atoms with Crippen molar-refractivity contribution in [3.8, 4) is 5.69 Å². The largest absolute Gasteiger partial charge is 0.418 e. The van der Waals surface area contributed by atoms with Crippen molar-refractivity contribution < 1.29 is 33.2 Å². The molecule has 13 heteroatoms. The third-order valence-electron chi connectivity index (χ3n) is 5.43. The van der Waals surface area contributed by atoms with Crippen molar-refractivity contribution in [2.24, 2.45) is 0 Å². The molecule has 0 amide bonds. The van der Waals surface area contributed by atoms with Crippen LogP contribution in [0.2, 0.25) is 5.02 Å². The van der Waals surface area contributed by atoms with Gasteiger partial charge in [-0.2, -0.15) is 23.4 Å². The molecule has 0 saturated carbocycles. The zero-order valence-electron chi connectivity index (χ0n) is 17.5. The summed E-state index contributed by atoms with van der Waals surface area (Å²) in [7, 11) is 0. The molecule has 178 valence electrons. The van der Waals surface area contributed by atoms with E-state index in [1.807, 2.05) is 0 Å². The Morgan fingerprint density at radius 2 is 1.85 bits per heavy atom. The molecule has 1 aliphatic rings. The van der Waals surface area contributed by atoms with E-state index in [1.54, 1.807) is 13.0 Å². The Kier molecular flexibility index (Phi) is 6.22. The Morgan fingerprint density at radius 3 is 2.45 bits per heavy atom. The molecule has 33 heavy (non-hydrogen) atoms. The number of aromatic nitrogens is 5. The van der Waals surface area contributed by atoms with Gasteiger partial charge in [-0.1, -0.05) is 11.6 Å². The van der Waals surface area contributed by atoms with Crippen LogP contribution < -0.4 is 0 Å². The summed E-state index contributed by atoms with van der Waals surface area (Å²) in [6, 6.07) is 3.61. The van der Waals surface area contributed by atoms with Crippen molar-refractivity contribution >= 4 is 11.6 Å². The number of alkyl halides is 3. The van der Waals surface area contributed by atoms with Gasteiger partial charge in [-0.05, 0) is 38.1 Å². The van der Waals surface area contributed by atoms with E-state index in [-0.39, 0.29) is 16.7 Å². The summed E-state index contributed by atoms with van der Waals surface area (Å²) in [6.45, 7) is 2.58. The number of hydrogen-bond donors (Lipinski definition) is 3. The molecule has 0 radical (unpaired) electrons. The van der Waals surface area contributed by atoms with E-state index in [1.165, 1.54) is 17.8 Å². The van der Waals surface area contributed by atoms with E-state index in [4.69, 9.17) is 16.3 Å². The van der Waals surface area contributed by atoms with Crippen LogP contribution in [-0.2, 0) is 10.9 Å². The summed E-state index contributed by atoms with van der Waals surface area (Å²) in [6.07, 6.45) is -8.53. The lowest BCUT2D eigenvalue weighted by molar-refractivity contribution is -0.210. The maximum absolute atomic E-state index is 13.7. The second-order valence-corrected chi connectivity index (χ2v) is 8.21. The first kappa shape index (κ1) is 23.6. The predicted molar refractivity (Wildman–Crippen MR) is 109 cm³/mol. The average Bonchev–Trinajstić information content (AvgIpc) is 3.33. The molecule has 0 unspecified atom stereocenters. The van der Waals surface area contributed by atoms with Gasteiger partial charge in [0, 0.05) is 11.2 Å². The third kappa shape index (κ3) is 4.36. The zero-order chi connectivity index (χ0) is 24.1. The molecule has 0 bridgehead atoms. The van der Waals surface area contributed by atoms with Crippen molar-refractivity contribution in [2.75, 3.05) is 6.61 Å². The number of halogens is 4. The molecular weight excluding hydrogens is 467 g/mol. The number of aliphatic hydroxyl groups excluding tert-OH is 3. The van der Waals surface area contributed by atoms with E-state index in [9.17, 15) is 28.5 Å². The molecule has 3 heterocycles. The van der Waals surface area contributed by atoms with Gasteiger partial charge in [0.25, 0.3) is 0 Å². The lowest BCUT2D eigenvalue weighted by Gasteiger charge is -2.42. The molecular formula is C20H21ClF3N5O4. The normalized spacial score (nSPS) is 26.0. The Morgan fingerprint density at radius 1 is 1.12 bits per heavy atom. The van der Waals surface area contributed by atoms with E-state index >= 15 is 0 Å². The molecule has 1 saturated heterocycles. The molecule has 3 aromatic rings. The molecule has 5 atom stereocenters. The van der Waals surface area contributed by atoms with Crippen molar-refractivity contribution in [2.45, 2.75) is 50.5 Å². The van der Waals surface area contributed by atoms with Gasteiger partial charge in [-0.25, -0.2) is 9.67 Å². The van der Waals surface area contributed by atoms with Crippen LogP contribution in [0.5, 0.6) is 0 Å². The van der Waals surface area contributed by atoms with Gasteiger partial charge in [-0.15, -0.1) is 0 Å². The smallest absolute Gasteiger partial charge is 0.394 e. The standard InChI is InChI=1S/C20H21ClF3N5O4/c1-9-5-6-28(26-9)15-16(31)14(8-30)33-18(17(15)32)19-25-10(2)27-29(19)13-7-11(21)3-4-12(13)20(22,23)24/h3-7,14-18,30-32H,8H2,1-2H3/t14-,15+,16+,17-,18-/m1/s1. The van der Waals surface area contributed by atoms with Gasteiger partial charge in [-0.3, -0.25) is 4.68 Å². The number of aryl methyl sites for hydroxylation is 2. The summed E-state index contributed by atoms with van der Waals surface area (Å²) in [5.41, 5.74) is -0.799. The molecule has 4 rings (SSSR count). The van der Waals surface area contributed by atoms with E-state index in [2.05, 4.69) is 15.2 Å². The summed E-state index contributed by atoms with van der Waals surface area (Å²) < 4.78 is 49.1. The minimum absolute atomic E-state index is 0.0377. The number of aliphatic hydroxyl groups is 3. The Bertz CT molecular complexity index is 1150. The second kappa shape index (κ2) is 8.69. The Labute approximate surface area is 191 Å². The number of ether oxygens (including phenoxy) is 1. The maximum Gasteiger partial charge on any atom is 0.418 e. The van der Waals surface area contributed by atoms with E-state index in [0.29, 0.717) is 5.69 Å². The highest BCUT2D eigenvalue weighted by atomic mass is 35.5. The average molecular weight is 488 g/mol. The number of hydrogen-bond acceptors (Lipinski definition) is 7. The fourth-order valence-electron chi connectivity index (χ4n) is 3.94. The summed E-state index contributed by atoms with van der Waals surface area (Å²) >= 11 is 5.97. The summed E-state index contributed by atoms with van der Waals surface area (Å²) in [5, 5.41) is 39.9. The van der Waals surface area contributed by atoms with Gasteiger partial charge in [0.05, 0.1) is 23.6 Å². The van der Waals surface area contributed by atoms with Gasteiger partial charge < -0.3 is 20.1 Å². The third-order valence-corrected chi connectivity index (χ3v) is 5.66. The van der Waals surface area contributed by atoms with E-state index in [0.717, 1.165) is 22.9 Å². The van der Waals surface area contributed by atoms with Crippen LogP contribution in [0.25, 0.3) is 5.69 Å². The Hall–Kier alpha value is -2.51. The minimum atomic E-state index is -4.72. The number of nitrogens with zero attached hydrogens (tertiary/aromatic N) is 5. The Balaban J connectivity index is 1.85. The first-order valence-corrected chi connectivity index (χ1v) is 10.3. The molecule has 0 aliphatic carbocycles. The van der Waals surface area contributed by atoms with Crippen LogP contribution in [0.15, 0.2) is 30.5 Å². The highest BCUT2D eigenvalue weighted by molar-refractivity contribution is 6.30. The molecule has 1 aliphatic heterocycles. The van der Waals surface area contributed by atoms with Crippen LogP contribution >= 0.6 is 11.6 Å². The van der Waals surface area contributed by atoms with E-state index < -0.39 is 54.5 Å². The summed E-state index contributed by atoms with van der Waals surface area (Å²) in [4.78, 5) is 4.20. The first-order chi connectivity index (χ1) is 15.5. The molecule has 1 fully saturated rings. The SMILES string of the molecule is Cc1ccn([C@H]2[C@@H](O)[C@@H](CO)O[C@@H](c3nc(C)nn3-c3cc(Cl)ccc3C(F)(F)F)[C@@H]2O)n1. The van der Waals surface area contributed by atoms with Crippen LogP contribution in [0.1, 0.15) is 35.1 Å². The second-order valence-electron chi connectivity index (χ2n) is 7.77. The zero-order valence-corrected chi connectivity index (χ0v) is 18.2. The molecule has 9 nitrogen and oxygen atoms in total. The maximum atomic E-state index is 13.7. The number of benzene rings is 1. The first-order valence-electron chi connectivity index (χ1n) is 9.96. The lowest BCUT2D eigenvalue weighted by atomic mass is 9.92. The van der Waals surface area contributed by atoms with Gasteiger partial charge in [0.1, 0.15) is 36.3 Å². The highest BCUT2D eigenvalue weighted by Crippen LogP contribution is 2.40. The molecule has 3 N–H and O–H groups in total. The van der Waals surface area contributed by atoms with Crippen molar-refractivity contribution in [1.29, 1.82) is 0 Å². The van der Waals surface area contributed by atoms with Crippen LogP contribution in [-0.4, -0.2) is 64.8 Å². The topological polar surface area (TPSA) is 118 Å². The lowest BCUT2D eigenvalue weighted by Crippen LogP contribution is -2.53. The number of rotatable bonds is 4. The quantitative estimate of drug-likeness (QED) is 0.516. The van der Waals surface area contributed by atoms with Gasteiger partial charge >= 0.3 is 6.18 Å². The summed E-state index contributed by atoms with van der Waals surface area (Å²) in [5.74, 6) is -0.0287. The van der Waals surface area contributed by atoms with Crippen molar-refractivity contribution in [3.63, 3.8) is 0 Å². The fraction of sp³-hybridized carbons (Fsp3) is 0.450. The molecule has 0 spiro atoms. The van der Waals surface area contributed by atoms with Crippen molar-refractivity contribution in [3.05, 3.63) is 58.4 Å². The highest BCUT2D eigenvalue weighted by Gasteiger charge is 2.48. The van der Waals surface area contributed by atoms with Gasteiger partial charge in [0.2, 0.25) is 0 Å². The monoisotopic (exact) mass is 487 g/mol. The minimum Gasteiger partial charge on any atom is -0.394 e. The van der Waals surface area contributed by atoms with Crippen molar-refractivity contribution in [1.82, 2.24) is 24.5 Å². The van der Waals surface area contributed by atoms with Crippen LogP contribution in [0.3, 0.4) is 0 Å². The molecule has 1 aromatic carbocycles. The van der Waals surface area contributed by atoms with Crippen LogP contribution in [0, 0.1) is 13.8 Å².